The summed E-state index contributed by atoms with van der Waals surface area (Å²) in [5, 5.41) is 0. The molecule has 0 bridgehead atoms. The van der Waals surface area contributed by atoms with Gasteiger partial charge in [0.25, 0.3) is 0 Å². The van der Waals surface area contributed by atoms with Gasteiger partial charge in [0.1, 0.15) is 0 Å². The summed E-state index contributed by atoms with van der Waals surface area (Å²) in [5.74, 6) is 3.66. The van der Waals surface area contributed by atoms with Crippen LogP contribution in [0.3, 0.4) is 0 Å². The minimum Gasteiger partial charge on any atom is -0.0648 e. The summed E-state index contributed by atoms with van der Waals surface area (Å²) in [6, 6.07) is 0. The molecule has 3 aliphatic rings. The molecule has 0 spiro atoms. The largest absolute Gasteiger partial charge is 0.0648 e. The van der Waals surface area contributed by atoms with Crippen molar-refractivity contribution in [1.29, 1.82) is 0 Å². The van der Waals surface area contributed by atoms with Gasteiger partial charge >= 0.3 is 0 Å². The fraction of sp³-hybridized carbons (Fsp3) is 1.00. The summed E-state index contributed by atoms with van der Waals surface area (Å²) in [5.41, 5.74) is 0.924. The third-order valence-electron chi connectivity index (χ3n) is 4.37. The van der Waals surface area contributed by atoms with Gasteiger partial charge in [-0.2, -0.15) is 0 Å². The van der Waals surface area contributed by atoms with E-state index >= 15 is 0 Å². The average molecular weight is 122 g/mol. The number of rotatable bonds is 1. The molecule has 2 unspecified atom stereocenters. The molecule has 3 fully saturated rings. The van der Waals surface area contributed by atoms with Gasteiger partial charge in [-0.1, -0.05) is 13.3 Å². The maximum absolute atomic E-state index is 2.38. The van der Waals surface area contributed by atoms with Gasteiger partial charge in [-0.05, 0) is 42.4 Å². The summed E-state index contributed by atoms with van der Waals surface area (Å²) in [7, 11) is 0. The van der Waals surface area contributed by atoms with Crippen LogP contribution in [0, 0.1) is 23.2 Å². The van der Waals surface area contributed by atoms with E-state index in [0.29, 0.717) is 0 Å². The lowest BCUT2D eigenvalue weighted by Gasteiger charge is -2.76. The topological polar surface area (TPSA) is 0 Å². The molecule has 0 saturated heterocycles. The number of hydrogen-bond acceptors (Lipinski definition) is 0. The van der Waals surface area contributed by atoms with E-state index in [1.54, 1.807) is 19.3 Å². The zero-order valence-corrected chi connectivity index (χ0v) is 6.06. The van der Waals surface area contributed by atoms with E-state index in [4.69, 9.17) is 0 Å². The van der Waals surface area contributed by atoms with Gasteiger partial charge in [-0.3, -0.25) is 0 Å². The highest BCUT2D eigenvalue weighted by atomic mass is 14.7. The van der Waals surface area contributed by atoms with Gasteiger partial charge in [0.05, 0.1) is 0 Å². The fourth-order valence-corrected chi connectivity index (χ4v) is 3.89. The molecule has 0 aromatic rings. The Morgan fingerprint density at radius 2 is 2.00 bits per heavy atom. The molecule has 0 heteroatoms. The smallest absolute Gasteiger partial charge is 0.0261 e. The van der Waals surface area contributed by atoms with E-state index in [1.807, 2.05) is 0 Å². The lowest BCUT2D eigenvalue weighted by Crippen LogP contribution is -2.68. The molecule has 2 atom stereocenters. The average Bonchev–Trinajstić information content (AvgIpc) is 1.86. The van der Waals surface area contributed by atoms with Gasteiger partial charge in [-0.15, -0.1) is 0 Å². The lowest BCUT2D eigenvalue weighted by molar-refractivity contribution is -0.271. The van der Waals surface area contributed by atoms with Crippen molar-refractivity contribution in [3.63, 3.8) is 0 Å². The first-order valence-electron chi connectivity index (χ1n) is 4.36. The molecule has 9 heavy (non-hydrogen) atoms. The predicted octanol–water partition coefficient (Wildman–Crippen LogP) is 2.44. The molecule has 0 aromatic carbocycles. The summed E-state index contributed by atoms with van der Waals surface area (Å²) < 4.78 is 0. The standard InChI is InChI=1S/C9H14/c1-2-9-4-6-3-7(5-9)8(6)9/h6-8H,2-5H2,1H3. The van der Waals surface area contributed by atoms with Crippen molar-refractivity contribution < 1.29 is 0 Å². The first-order chi connectivity index (χ1) is 4.36. The highest BCUT2D eigenvalue weighted by Crippen LogP contribution is 2.78. The Labute approximate surface area is 56.6 Å². The van der Waals surface area contributed by atoms with Crippen LogP contribution in [0.4, 0.5) is 0 Å². The van der Waals surface area contributed by atoms with Crippen molar-refractivity contribution in [3.05, 3.63) is 0 Å². The van der Waals surface area contributed by atoms with Crippen molar-refractivity contribution in [3.8, 4) is 0 Å². The summed E-state index contributed by atoms with van der Waals surface area (Å²) in [6.45, 7) is 2.38. The van der Waals surface area contributed by atoms with Crippen molar-refractivity contribution in [1.82, 2.24) is 0 Å². The Morgan fingerprint density at radius 1 is 1.33 bits per heavy atom. The highest BCUT2D eigenvalue weighted by molar-refractivity contribution is 5.19. The monoisotopic (exact) mass is 122 g/mol. The van der Waals surface area contributed by atoms with Crippen molar-refractivity contribution >= 4 is 0 Å². The molecule has 0 radical (unpaired) electrons. The molecule has 0 amide bonds. The van der Waals surface area contributed by atoms with Crippen molar-refractivity contribution in [2.75, 3.05) is 0 Å². The second-order valence-electron chi connectivity index (χ2n) is 4.41. The molecular formula is C9H14. The summed E-state index contributed by atoms with van der Waals surface area (Å²) >= 11 is 0. The van der Waals surface area contributed by atoms with Crippen LogP contribution < -0.4 is 0 Å². The lowest BCUT2D eigenvalue weighted by atomic mass is 9.29. The fourth-order valence-electron chi connectivity index (χ4n) is 3.89. The normalized spacial score (nSPS) is 67.0. The molecule has 0 N–H and O–H groups in total. The zero-order valence-electron chi connectivity index (χ0n) is 6.06. The SMILES string of the molecule is CCC12CC3CC(C1)C32. The van der Waals surface area contributed by atoms with Gasteiger partial charge in [-0.25, -0.2) is 0 Å². The maximum Gasteiger partial charge on any atom is -0.0261 e. The summed E-state index contributed by atoms with van der Waals surface area (Å²) in [4.78, 5) is 0. The summed E-state index contributed by atoms with van der Waals surface area (Å²) in [6.07, 6.45) is 6.28. The van der Waals surface area contributed by atoms with E-state index < -0.39 is 0 Å². The molecule has 3 rings (SSSR count). The Hall–Kier alpha value is 0. The van der Waals surface area contributed by atoms with Crippen LogP contribution in [0.5, 0.6) is 0 Å². The second-order valence-corrected chi connectivity index (χ2v) is 4.41. The van der Waals surface area contributed by atoms with Crippen LogP contribution in [0.1, 0.15) is 32.6 Å². The maximum atomic E-state index is 2.38. The second kappa shape index (κ2) is 1.09. The Kier molecular flexibility index (Phi) is 0.574. The molecule has 0 aliphatic heterocycles. The first kappa shape index (κ1) is 4.76. The molecule has 0 nitrogen and oxygen atoms in total. The molecule has 3 aliphatic carbocycles. The van der Waals surface area contributed by atoms with E-state index in [0.717, 1.165) is 5.41 Å². The van der Waals surface area contributed by atoms with Crippen LogP contribution in [0.15, 0.2) is 0 Å². The molecule has 0 heterocycles. The van der Waals surface area contributed by atoms with Crippen LogP contribution in [-0.4, -0.2) is 0 Å². The third-order valence-corrected chi connectivity index (χ3v) is 4.37. The van der Waals surface area contributed by atoms with Crippen LogP contribution in [-0.2, 0) is 0 Å². The van der Waals surface area contributed by atoms with Crippen LogP contribution in [0.2, 0.25) is 0 Å². The molecule has 0 aromatic heterocycles. The quantitative estimate of drug-likeness (QED) is 0.501. The van der Waals surface area contributed by atoms with Crippen LogP contribution >= 0.6 is 0 Å². The minimum absolute atomic E-state index is 0.924. The molecule has 50 valence electrons. The van der Waals surface area contributed by atoms with Gasteiger partial charge in [0.2, 0.25) is 0 Å². The van der Waals surface area contributed by atoms with E-state index in [2.05, 4.69) is 6.92 Å². The molecular weight excluding hydrogens is 108 g/mol. The minimum atomic E-state index is 0.924. The highest BCUT2D eigenvalue weighted by Gasteiger charge is 2.70. The first-order valence-corrected chi connectivity index (χ1v) is 4.36. The predicted molar refractivity (Wildman–Crippen MR) is 37.0 cm³/mol. The molecule has 3 saturated carbocycles. The zero-order chi connectivity index (χ0) is 6.06. The van der Waals surface area contributed by atoms with Crippen molar-refractivity contribution in [2.24, 2.45) is 23.2 Å². The number of hydrogen-bond donors (Lipinski definition) is 0. The van der Waals surface area contributed by atoms with E-state index in [-0.39, 0.29) is 0 Å². The van der Waals surface area contributed by atoms with E-state index in [1.165, 1.54) is 24.2 Å². The van der Waals surface area contributed by atoms with Gasteiger partial charge in [0, 0.05) is 0 Å². The Bertz CT molecular complexity index is 147. The van der Waals surface area contributed by atoms with Crippen LogP contribution in [0.25, 0.3) is 0 Å². The van der Waals surface area contributed by atoms with E-state index in [9.17, 15) is 0 Å². The Morgan fingerprint density at radius 3 is 2.22 bits per heavy atom. The van der Waals surface area contributed by atoms with Crippen molar-refractivity contribution in [2.45, 2.75) is 32.6 Å². The Balaban J connectivity index is 1.88. The third kappa shape index (κ3) is 0.300. The van der Waals surface area contributed by atoms with Gasteiger partial charge < -0.3 is 0 Å². The van der Waals surface area contributed by atoms with Gasteiger partial charge in [0.15, 0.2) is 0 Å².